The van der Waals surface area contributed by atoms with Gasteiger partial charge in [0.25, 0.3) is 0 Å². The Labute approximate surface area is 109 Å². The molecule has 6 nitrogen and oxygen atoms in total. The third-order valence-corrected chi connectivity index (χ3v) is 3.16. The number of imidazole rings is 1. The van der Waals surface area contributed by atoms with E-state index in [4.69, 9.17) is 11.6 Å². The van der Waals surface area contributed by atoms with E-state index in [0.717, 1.165) is 0 Å². The van der Waals surface area contributed by atoms with E-state index < -0.39 is 0 Å². The van der Waals surface area contributed by atoms with E-state index in [1.807, 2.05) is 20.8 Å². The maximum absolute atomic E-state index is 11.9. The average Bonchev–Trinajstić information content (AvgIpc) is 2.76. The van der Waals surface area contributed by atoms with Crippen LogP contribution in [0, 0.1) is 11.8 Å². The molecule has 1 unspecified atom stereocenters. The van der Waals surface area contributed by atoms with Crippen molar-refractivity contribution in [2.75, 3.05) is 5.32 Å². The zero-order chi connectivity index (χ0) is 13.3. The predicted octanol–water partition coefficient (Wildman–Crippen LogP) is 2.24. The van der Waals surface area contributed by atoms with E-state index in [1.165, 1.54) is 6.33 Å². The second kappa shape index (κ2) is 4.89. The number of hydrogen-bond acceptors (Lipinski definition) is 4. The van der Waals surface area contributed by atoms with Crippen molar-refractivity contribution in [3.63, 3.8) is 0 Å². The predicted molar refractivity (Wildman–Crippen MR) is 69.3 cm³/mol. The van der Waals surface area contributed by atoms with Crippen molar-refractivity contribution in [1.82, 2.24) is 19.9 Å². The number of nitrogens with one attached hydrogen (secondary N) is 2. The number of fused-ring (bicyclic) bond motifs is 1. The first-order valence-electron chi connectivity index (χ1n) is 5.66. The number of hydrogen-bond donors (Lipinski definition) is 2. The smallest absolute Gasteiger partial charge is 0.233 e. The summed E-state index contributed by atoms with van der Waals surface area (Å²) in [6.45, 7) is 5.82. The van der Waals surface area contributed by atoms with Gasteiger partial charge in [-0.25, -0.2) is 4.98 Å². The van der Waals surface area contributed by atoms with Crippen LogP contribution in [0.15, 0.2) is 6.33 Å². The SMILES string of the molecule is CC(C)C(C)C(=O)Nc1nc(Cl)c2[nH]cnc2n1. The highest BCUT2D eigenvalue weighted by atomic mass is 35.5. The minimum Gasteiger partial charge on any atom is -0.341 e. The lowest BCUT2D eigenvalue weighted by atomic mass is 9.97. The minimum atomic E-state index is -0.129. The molecule has 2 aromatic rings. The van der Waals surface area contributed by atoms with E-state index in [2.05, 4.69) is 25.3 Å². The van der Waals surface area contributed by atoms with Crippen molar-refractivity contribution in [2.24, 2.45) is 11.8 Å². The Balaban J connectivity index is 2.24. The van der Waals surface area contributed by atoms with Gasteiger partial charge in [-0.15, -0.1) is 0 Å². The number of nitrogens with zero attached hydrogens (tertiary/aromatic N) is 3. The lowest BCUT2D eigenvalue weighted by Gasteiger charge is -2.14. The van der Waals surface area contributed by atoms with Crippen LogP contribution in [0.4, 0.5) is 5.95 Å². The van der Waals surface area contributed by atoms with Gasteiger partial charge in [0.2, 0.25) is 11.9 Å². The topological polar surface area (TPSA) is 83.6 Å². The van der Waals surface area contributed by atoms with Crippen LogP contribution >= 0.6 is 11.6 Å². The average molecular weight is 268 g/mol. The van der Waals surface area contributed by atoms with Crippen LogP contribution in [-0.2, 0) is 4.79 Å². The second-order valence-corrected chi connectivity index (χ2v) is 4.82. The van der Waals surface area contributed by atoms with Gasteiger partial charge in [0.1, 0.15) is 5.52 Å². The van der Waals surface area contributed by atoms with Gasteiger partial charge in [0, 0.05) is 5.92 Å². The summed E-state index contributed by atoms with van der Waals surface area (Å²) < 4.78 is 0. The molecule has 0 aromatic carbocycles. The van der Waals surface area contributed by atoms with E-state index in [1.54, 1.807) is 0 Å². The fourth-order valence-corrected chi connectivity index (χ4v) is 1.60. The molecular weight excluding hydrogens is 254 g/mol. The van der Waals surface area contributed by atoms with Gasteiger partial charge in [-0.05, 0) is 5.92 Å². The lowest BCUT2D eigenvalue weighted by molar-refractivity contribution is -0.120. The van der Waals surface area contributed by atoms with Crippen LogP contribution in [0.3, 0.4) is 0 Å². The molecule has 0 spiro atoms. The molecule has 18 heavy (non-hydrogen) atoms. The van der Waals surface area contributed by atoms with Crippen molar-refractivity contribution >= 4 is 34.6 Å². The number of halogens is 1. The van der Waals surface area contributed by atoms with Crippen molar-refractivity contribution in [3.8, 4) is 0 Å². The second-order valence-electron chi connectivity index (χ2n) is 4.46. The monoisotopic (exact) mass is 267 g/mol. The standard InChI is InChI=1S/C11H14ClN5O/c1-5(2)6(3)10(18)17-11-15-8(12)7-9(16-11)14-4-13-7/h4-6H,1-3H3,(H2,13,14,15,16,17,18). The van der Waals surface area contributed by atoms with Crippen molar-refractivity contribution in [3.05, 3.63) is 11.5 Å². The zero-order valence-corrected chi connectivity index (χ0v) is 11.1. The minimum absolute atomic E-state index is 0.123. The molecule has 2 rings (SSSR count). The first-order chi connectivity index (χ1) is 8.49. The Morgan fingerprint density at radius 3 is 2.78 bits per heavy atom. The van der Waals surface area contributed by atoms with Crippen LogP contribution < -0.4 is 5.32 Å². The van der Waals surface area contributed by atoms with E-state index in [-0.39, 0.29) is 28.8 Å². The quantitative estimate of drug-likeness (QED) is 0.836. The molecule has 96 valence electrons. The molecule has 1 amide bonds. The van der Waals surface area contributed by atoms with Crippen molar-refractivity contribution in [1.29, 1.82) is 0 Å². The lowest BCUT2D eigenvalue weighted by Crippen LogP contribution is -2.25. The Kier molecular flexibility index (Phi) is 3.47. The number of aromatic nitrogens is 4. The van der Waals surface area contributed by atoms with Gasteiger partial charge in [-0.2, -0.15) is 9.97 Å². The number of carbonyl (C=O) groups is 1. The van der Waals surface area contributed by atoms with Crippen LogP contribution in [0.1, 0.15) is 20.8 Å². The van der Waals surface area contributed by atoms with E-state index in [9.17, 15) is 4.79 Å². The molecule has 0 aliphatic heterocycles. The highest BCUT2D eigenvalue weighted by Gasteiger charge is 2.18. The highest BCUT2D eigenvalue weighted by molar-refractivity contribution is 6.33. The van der Waals surface area contributed by atoms with Gasteiger partial charge in [0.05, 0.1) is 6.33 Å². The summed E-state index contributed by atoms with van der Waals surface area (Å²) in [6, 6.07) is 0. The molecule has 0 saturated heterocycles. The summed E-state index contributed by atoms with van der Waals surface area (Å²) >= 11 is 5.96. The Morgan fingerprint density at radius 2 is 2.11 bits per heavy atom. The number of H-pyrrole nitrogens is 1. The van der Waals surface area contributed by atoms with Gasteiger partial charge in [0.15, 0.2) is 10.8 Å². The Bertz CT molecular complexity index is 580. The molecule has 2 aromatic heterocycles. The molecular formula is C11H14ClN5O. The van der Waals surface area contributed by atoms with E-state index in [0.29, 0.717) is 11.2 Å². The first-order valence-corrected chi connectivity index (χ1v) is 6.04. The summed E-state index contributed by atoms with van der Waals surface area (Å²) in [5, 5.41) is 2.89. The third-order valence-electron chi connectivity index (χ3n) is 2.89. The summed E-state index contributed by atoms with van der Waals surface area (Å²) in [7, 11) is 0. The molecule has 2 N–H and O–H groups in total. The Hall–Kier alpha value is -1.69. The molecule has 1 atom stereocenters. The van der Waals surface area contributed by atoms with E-state index >= 15 is 0 Å². The third kappa shape index (κ3) is 2.43. The maximum Gasteiger partial charge on any atom is 0.233 e. The maximum atomic E-state index is 11.9. The molecule has 0 fully saturated rings. The van der Waals surface area contributed by atoms with Crippen LogP contribution in [0.5, 0.6) is 0 Å². The largest absolute Gasteiger partial charge is 0.341 e. The molecule has 0 saturated carbocycles. The van der Waals surface area contributed by atoms with Gasteiger partial charge in [-0.1, -0.05) is 32.4 Å². The zero-order valence-electron chi connectivity index (χ0n) is 10.4. The Morgan fingerprint density at radius 1 is 1.39 bits per heavy atom. The summed E-state index contributed by atoms with van der Waals surface area (Å²) in [4.78, 5) is 26.8. The molecule has 2 heterocycles. The molecule has 0 aliphatic rings. The summed E-state index contributed by atoms with van der Waals surface area (Å²) in [5.41, 5.74) is 0.995. The van der Waals surface area contributed by atoms with Gasteiger partial charge >= 0.3 is 0 Å². The van der Waals surface area contributed by atoms with Gasteiger partial charge in [-0.3, -0.25) is 10.1 Å². The molecule has 0 aliphatic carbocycles. The highest BCUT2D eigenvalue weighted by Crippen LogP contribution is 2.19. The van der Waals surface area contributed by atoms with Crippen molar-refractivity contribution < 1.29 is 4.79 Å². The summed E-state index contributed by atoms with van der Waals surface area (Å²) in [6.07, 6.45) is 1.48. The van der Waals surface area contributed by atoms with Crippen LogP contribution in [-0.4, -0.2) is 25.8 Å². The normalized spacial score (nSPS) is 12.9. The first kappa shape index (κ1) is 12.8. The molecule has 0 radical (unpaired) electrons. The number of carbonyl (C=O) groups excluding carboxylic acids is 1. The van der Waals surface area contributed by atoms with Crippen LogP contribution in [0.25, 0.3) is 11.2 Å². The fourth-order valence-electron chi connectivity index (χ4n) is 1.38. The summed E-state index contributed by atoms with van der Waals surface area (Å²) in [5.74, 6) is 0.171. The van der Waals surface area contributed by atoms with Crippen molar-refractivity contribution in [2.45, 2.75) is 20.8 Å². The van der Waals surface area contributed by atoms with Gasteiger partial charge < -0.3 is 4.98 Å². The molecule has 7 heteroatoms. The number of rotatable bonds is 3. The number of aromatic amines is 1. The number of amides is 1. The number of anilines is 1. The molecule has 0 bridgehead atoms. The van der Waals surface area contributed by atoms with Crippen LogP contribution in [0.2, 0.25) is 5.15 Å². The fraction of sp³-hybridized carbons (Fsp3) is 0.455.